The first-order valence-corrected chi connectivity index (χ1v) is 7.08. The van der Waals surface area contributed by atoms with Crippen molar-refractivity contribution in [3.8, 4) is 0 Å². The first-order chi connectivity index (χ1) is 10.2. The lowest BCUT2D eigenvalue weighted by atomic mass is 10.2. The maximum absolute atomic E-state index is 5.67. The number of oxazole rings is 1. The number of aryl methyl sites for hydroxylation is 2. The molecule has 0 fully saturated rings. The third-order valence-corrected chi connectivity index (χ3v) is 3.38. The number of halogens is 1. The van der Waals surface area contributed by atoms with Crippen molar-refractivity contribution < 1.29 is 8.94 Å². The van der Waals surface area contributed by atoms with Crippen molar-refractivity contribution in [1.82, 2.24) is 20.4 Å². The number of hydrogen-bond acceptors (Lipinski definition) is 6. The number of benzene rings is 1. The molecule has 7 heteroatoms. The first-order valence-electron chi connectivity index (χ1n) is 7.08. The summed E-state index contributed by atoms with van der Waals surface area (Å²) in [5.74, 6) is 2.04. The summed E-state index contributed by atoms with van der Waals surface area (Å²) in [6, 6.07) is 8.06. The van der Waals surface area contributed by atoms with Gasteiger partial charge in [0.05, 0.1) is 0 Å². The fraction of sp³-hybridized carbons (Fsp3) is 0.400. The van der Waals surface area contributed by atoms with E-state index in [1.54, 1.807) is 0 Å². The Morgan fingerprint density at radius 1 is 1.14 bits per heavy atom. The van der Waals surface area contributed by atoms with Gasteiger partial charge in [0, 0.05) is 25.3 Å². The molecule has 0 radical (unpaired) electrons. The quantitative estimate of drug-likeness (QED) is 0.751. The summed E-state index contributed by atoms with van der Waals surface area (Å²) in [6.07, 6.45) is 2.04. The molecule has 0 amide bonds. The van der Waals surface area contributed by atoms with Crippen molar-refractivity contribution in [3.05, 3.63) is 41.9 Å². The van der Waals surface area contributed by atoms with E-state index in [0.717, 1.165) is 23.3 Å². The highest BCUT2D eigenvalue weighted by molar-refractivity contribution is 5.85. The predicted molar refractivity (Wildman–Crippen MR) is 85.2 cm³/mol. The van der Waals surface area contributed by atoms with Gasteiger partial charge >= 0.3 is 0 Å². The van der Waals surface area contributed by atoms with E-state index in [9.17, 15) is 0 Å². The lowest BCUT2D eigenvalue weighted by Gasteiger charge is -2.04. The topological polar surface area (TPSA) is 77.0 Å². The molecular formula is C15H19ClN4O2. The Bertz CT molecular complexity index is 692. The summed E-state index contributed by atoms with van der Waals surface area (Å²) < 4.78 is 10.9. The van der Waals surface area contributed by atoms with E-state index in [4.69, 9.17) is 8.94 Å². The van der Waals surface area contributed by atoms with Crippen LogP contribution < -0.4 is 5.32 Å². The predicted octanol–water partition coefficient (Wildman–Crippen LogP) is 2.57. The largest absolute Gasteiger partial charge is 0.441 e. The molecule has 0 saturated carbocycles. The van der Waals surface area contributed by atoms with Crippen LogP contribution in [0.1, 0.15) is 24.5 Å². The third-order valence-electron chi connectivity index (χ3n) is 3.38. The van der Waals surface area contributed by atoms with Gasteiger partial charge in [-0.05, 0) is 26.1 Å². The molecule has 1 unspecified atom stereocenters. The van der Waals surface area contributed by atoms with Gasteiger partial charge in [-0.25, -0.2) is 4.98 Å². The zero-order chi connectivity index (χ0) is 14.7. The fourth-order valence-electron chi connectivity index (χ4n) is 2.09. The summed E-state index contributed by atoms with van der Waals surface area (Å²) >= 11 is 0. The van der Waals surface area contributed by atoms with Gasteiger partial charge in [0.25, 0.3) is 0 Å². The monoisotopic (exact) mass is 322 g/mol. The summed E-state index contributed by atoms with van der Waals surface area (Å²) in [4.78, 5) is 8.81. The van der Waals surface area contributed by atoms with Crippen molar-refractivity contribution >= 4 is 23.5 Å². The molecule has 0 aliphatic heterocycles. The van der Waals surface area contributed by atoms with Crippen molar-refractivity contribution in [2.24, 2.45) is 0 Å². The van der Waals surface area contributed by atoms with Gasteiger partial charge < -0.3 is 14.3 Å². The van der Waals surface area contributed by atoms with Gasteiger partial charge in [0.15, 0.2) is 17.3 Å². The van der Waals surface area contributed by atoms with Gasteiger partial charge in [0.1, 0.15) is 5.52 Å². The van der Waals surface area contributed by atoms with Crippen molar-refractivity contribution in [2.75, 3.05) is 7.05 Å². The normalized spacial score (nSPS) is 12.3. The second kappa shape index (κ2) is 7.38. The van der Waals surface area contributed by atoms with Gasteiger partial charge in [-0.15, -0.1) is 12.4 Å². The lowest BCUT2D eigenvalue weighted by Crippen LogP contribution is -2.24. The van der Waals surface area contributed by atoms with Crippen LogP contribution in [0.3, 0.4) is 0 Å². The molecular weight excluding hydrogens is 304 g/mol. The third kappa shape index (κ3) is 3.84. The Hall–Kier alpha value is -1.92. The number of nitrogens with zero attached hydrogens (tertiary/aromatic N) is 3. The number of aromatic nitrogens is 3. The highest BCUT2D eigenvalue weighted by Crippen LogP contribution is 2.16. The van der Waals surface area contributed by atoms with E-state index >= 15 is 0 Å². The first kappa shape index (κ1) is 16.5. The highest BCUT2D eigenvalue weighted by Gasteiger charge is 2.11. The Morgan fingerprint density at radius 3 is 2.68 bits per heavy atom. The minimum Gasteiger partial charge on any atom is -0.441 e. The van der Waals surface area contributed by atoms with Gasteiger partial charge in [-0.2, -0.15) is 4.98 Å². The second-order valence-electron chi connectivity index (χ2n) is 5.07. The molecule has 3 aromatic rings. The molecule has 0 spiro atoms. The van der Waals surface area contributed by atoms with E-state index in [0.29, 0.717) is 30.7 Å². The van der Waals surface area contributed by atoms with Crippen LogP contribution in [0.5, 0.6) is 0 Å². The highest BCUT2D eigenvalue weighted by atomic mass is 35.5. The minimum atomic E-state index is 0. The molecule has 2 heterocycles. The standard InChI is InChI=1S/C15H18N4O2.ClH/c1-10(16-2)9-13-18-15(21-19-13)8-7-14-17-11-5-3-4-6-12(11)20-14;/h3-6,10,16H,7-9H2,1-2H3;1H. The maximum Gasteiger partial charge on any atom is 0.227 e. The smallest absolute Gasteiger partial charge is 0.227 e. The van der Waals surface area contributed by atoms with Crippen molar-refractivity contribution in [3.63, 3.8) is 0 Å². The molecule has 2 aromatic heterocycles. The van der Waals surface area contributed by atoms with Crippen LogP contribution in [0.2, 0.25) is 0 Å². The molecule has 1 N–H and O–H groups in total. The SMILES string of the molecule is CNC(C)Cc1noc(CCc2nc3ccccc3o2)n1.Cl. The van der Waals surface area contributed by atoms with E-state index in [2.05, 4.69) is 27.4 Å². The number of nitrogens with one attached hydrogen (secondary N) is 1. The zero-order valence-corrected chi connectivity index (χ0v) is 13.4. The number of para-hydroxylation sites is 2. The average Bonchev–Trinajstić information content (AvgIpc) is 3.10. The molecule has 0 bridgehead atoms. The van der Waals surface area contributed by atoms with Gasteiger partial charge in [-0.1, -0.05) is 17.3 Å². The summed E-state index contributed by atoms with van der Waals surface area (Å²) in [6.45, 7) is 2.08. The molecule has 1 atom stereocenters. The number of rotatable bonds is 6. The van der Waals surface area contributed by atoms with Crippen LogP contribution in [-0.2, 0) is 19.3 Å². The minimum absolute atomic E-state index is 0. The molecule has 3 rings (SSSR count). The van der Waals surface area contributed by atoms with Crippen LogP contribution in [0.4, 0.5) is 0 Å². The lowest BCUT2D eigenvalue weighted by molar-refractivity contribution is 0.367. The molecule has 6 nitrogen and oxygen atoms in total. The Kier molecular flexibility index (Phi) is 5.51. The van der Waals surface area contributed by atoms with Crippen LogP contribution in [-0.4, -0.2) is 28.2 Å². The zero-order valence-electron chi connectivity index (χ0n) is 12.6. The van der Waals surface area contributed by atoms with Crippen molar-refractivity contribution in [2.45, 2.75) is 32.2 Å². The van der Waals surface area contributed by atoms with Crippen molar-refractivity contribution in [1.29, 1.82) is 0 Å². The molecule has 118 valence electrons. The summed E-state index contributed by atoms with van der Waals surface area (Å²) in [5.41, 5.74) is 1.68. The second-order valence-corrected chi connectivity index (χ2v) is 5.07. The van der Waals surface area contributed by atoms with Gasteiger partial charge in [-0.3, -0.25) is 0 Å². The van der Waals surface area contributed by atoms with E-state index in [1.807, 2.05) is 31.3 Å². The maximum atomic E-state index is 5.67. The van der Waals surface area contributed by atoms with E-state index in [1.165, 1.54) is 0 Å². The van der Waals surface area contributed by atoms with Crippen LogP contribution in [0.15, 0.2) is 33.2 Å². The van der Waals surface area contributed by atoms with Crippen LogP contribution >= 0.6 is 12.4 Å². The summed E-state index contributed by atoms with van der Waals surface area (Å²) in [7, 11) is 1.92. The average molecular weight is 323 g/mol. The number of fused-ring (bicyclic) bond motifs is 1. The number of hydrogen-bond donors (Lipinski definition) is 1. The van der Waals surface area contributed by atoms with E-state index in [-0.39, 0.29) is 12.4 Å². The fourth-order valence-corrected chi connectivity index (χ4v) is 2.09. The molecule has 0 aliphatic rings. The Morgan fingerprint density at radius 2 is 1.91 bits per heavy atom. The van der Waals surface area contributed by atoms with Crippen LogP contribution in [0, 0.1) is 0 Å². The summed E-state index contributed by atoms with van der Waals surface area (Å²) in [5, 5.41) is 7.13. The molecule has 0 saturated heterocycles. The molecule has 22 heavy (non-hydrogen) atoms. The molecule has 1 aromatic carbocycles. The Balaban J connectivity index is 0.00000176. The van der Waals surface area contributed by atoms with Gasteiger partial charge in [0.2, 0.25) is 5.89 Å². The van der Waals surface area contributed by atoms with Crippen LogP contribution in [0.25, 0.3) is 11.1 Å². The molecule has 0 aliphatic carbocycles. The number of likely N-dealkylation sites (N-methyl/N-ethyl adjacent to an activating group) is 1. The Labute approximate surface area is 134 Å². The van der Waals surface area contributed by atoms with E-state index < -0.39 is 0 Å².